The first kappa shape index (κ1) is 22.2. The fraction of sp³-hybridized carbons (Fsp3) is 0.440. The number of aromatic nitrogens is 1. The Morgan fingerprint density at radius 1 is 1.26 bits per heavy atom. The zero-order valence-electron chi connectivity index (χ0n) is 19.3. The number of hydrogen-bond acceptors (Lipinski definition) is 7. The van der Waals surface area contributed by atoms with Crippen LogP contribution in [0.15, 0.2) is 30.3 Å². The van der Waals surface area contributed by atoms with Crippen molar-refractivity contribution >= 4 is 23.6 Å². The predicted molar refractivity (Wildman–Crippen MR) is 125 cm³/mol. The molecule has 34 heavy (non-hydrogen) atoms. The van der Waals surface area contributed by atoms with Crippen LogP contribution in [0.4, 0.5) is 16.4 Å². The minimum absolute atomic E-state index is 0.0453. The fourth-order valence-corrected chi connectivity index (χ4v) is 4.97. The van der Waals surface area contributed by atoms with Gasteiger partial charge in [0, 0.05) is 12.0 Å². The number of nitriles is 1. The zero-order chi connectivity index (χ0) is 23.9. The molecular formula is C25H27N5O4. The van der Waals surface area contributed by atoms with E-state index in [0.717, 1.165) is 24.9 Å². The summed E-state index contributed by atoms with van der Waals surface area (Å²) in [5.41, 5.74) is 2.97. The van der Waals surface area contributed by atoms with Crippen LogP contribution in [-0.4, -0.2) is 48.3 Å². The molecule has 1 aliphatic carbocycles. The summed E-state index contributed by atoms with van der Waals surface area (Å²) >= 11 is 0. The second-order valence-electron chi connectivity index (χ2n) is 9.77. The van der Waals surface area contributed by atoms with E-state index in [9.17, 15) is 14.9 Å². The van der Waals surface area contributed by atoms with E-state index in [1.54, 1.807) is 12.1 Å². The molecule has 2 amide bonds. The van der Waals surface area contributed by atoms with Crippen molar-refractivity contribution in [1.82, 2.24) is 10.3 Å². The number of cyclic esters (lactones) is 1. The Morgan fingerprint density at radius 2 is 2.12 bits per heavy atom. The number of nitrogens with one attached hydrogen (secondary N) is 2. The van der Waals surface area contributed by atoms with Crippen LogP contribution in [-0.2, 0) is 22.4 Å². The number of hydrogen-bond donors (Lipinski definition) is 2. The van der Waals surface area contributed by atoms with Gasteiger partial charge in [0.2, 0.25) is 0 Å². The number of nitrogens with zero attached hydrogens (tertiary/aromatic N) is 3. The molecule has 3 aliphatic rings. The SMILES string of the molecule is CC(C)(CC1CN(c2ccc3c(n2)NC(=O)CO3)C(=O)O1)NCC1Cc2cccc(C#N)c2C1. The zero-order valence-corrected chi connectivity index (χ0v) is 19.3. The van der Waals surface area contributed by atoms with Crippen LogP contribution in [0.25, 0.3) is 0 Å². The standard InChI is InChI=1S/C25H27N5O4/c1-25(2,27-12-15-8-16-4-3-5-17(11-26)19(16)9-15)10-18-13-30(24(32)34-18)21-7-6-20-23(28-21)29-22(31)14-33-20/h3-7,15,18,27H,8-10,12-14H2,1-2H3,(H,28,29,31). The van der Waals surface area contributed by atoms with Gasteiger partial charge in [0.1, 0.15) is 11.9 Å². The first-order chi connectivity index (χ1) is 16.3. The van der Waals surface area contributed by atoms with Gasteiger partial charge in [-0.15, -0.1) is 0 Å². The number of carbonyl (C=O) groups is 2. The quantitative estimate of drug-likeness (QED) is 0.679. The van der Waals surface area contributed by atoms with Gasteiger partial charge in [0.15, 0.2) is 18.2 Å². The molecular weight excluding hydrogens is 434 g/mol. The van der Waals surface area contributed by atoms with Gasteiger partial charge in [0.05, 0.1) is 18.2 Å². The number of carbonyl (C=O) groups excluding carboxylic acids is 2. The van der Waals surface area contributed by atoms with Crippen molar-refractivity contribution in [2.45, 2.75) is 44.8 Å². The lowest BCUT2D eigenvalue weighted by atomic mass is 9.95. The third-order valence-electron chi connectivity index (χ3n) is 6.61. The van der Waals surface area contributed by atoms with Crippen LogP contribution in [0.2, 0.25) is 0 Å². The van der Waals surface area contributed by atoms with Crippen molar-refractivity contribution in [3.63, 3.8) is 0 Å². The summed E-state index contributed by atoms with van der Waals surface area (Å²) in [5.74, 6) is 1.36. The van der Waals surface area contributed by atoms with E-state index in [2.05, 4.69) is 41.6 Å². The molecule has 2 aliphatic heterocycles. The van der Waals surface area contributed by atoms with E-state index in [4.69, 9.17) is 9.47 Å². The van der Waals surface area contributed by atoms with Gasteiger partial charge in [-0.25, -0.2) is 9.78 Å². The molecule has 2 atom stereocenters. The van der Waals surface area contributed by atoms with Gasteiger partial charge < -0.3 is 20.1 Å². The molecule has 9 heteroatoms. The summed E-state index contributed by atoms with van der Waals surface area (Å²) in [6.45, 7) is 5.37. The maximum absolute atomic E-state index is 12.6. The van der Waals surface area contributed by atoms with Crippen molar-refractivity contribution in [1.29, 1.82) is 5.26 Å². The monoisotopic (exact) mass is 461 g/mol. The third-order valence-corrected chi connectivity index (χ3v) is 6.61. The van der Waals surface area contributed by atoms with Gasteiger partial charge in [0.25, 0.3) is 5.91 Å². The van der Waals surface area contributed by atoms with Crippen molar-refractivity contribution in [2.75, 3.05) is 29.9 Å². The van der Waals surface area contributed by atoms with Crippen LogP contribution < -0.4 is 20.3 Å². The molecule has 0 radical (unpaired) electrons. The van der Waals surface area contributed by atoms with Gasteiger partial charge >= 0.3 is 6.09 Å². The number of fused-ring (bicyclic) bond motifs is 2. The first-order valence-electron chi connectivity index (χ1n) is 11.5. The number of ether oxygens (including phenoxy) is 2. The molecule has 0 bridgehead atoms. The summed E-state index contributed by atoms with van der Waals surface area (Å²) in [4.78, 5) is 30.0. The van der Waals surface area contributed by atoms with Crippen molar-refractivity contribution < 1.29 is 19.1 Å². The molecule has 0 spiro atoms. The van der Waals surface area contributed by atoms with E-state index in [-0.39, 0.29) is 24.2 Å². The lowest BCUT2D eigenvalue weighted by molar-refractivity contribution is -0.118. The Bertz CT molecular complexity index is 1190. The Morgan fingerprint density at radius 3 is 2.94 bits per heavy atom. The highest BCUT2D eigenvalue weighted by molar-refractivity contribution is 5.95. The van der Waals surface area contributed by atoms with Gasteiger partial charge in [-0.2, -0.15) is 5.26 Å². The molecule has 2 unspecified atom stereocenters. The Kier molecular flexibility index (Phi) is 5.62. The van der Waals surface area contributed by atoms with Crippen molar-refractivity contribution in [3.8, 4) is 11.8 Å². The van der Waals surface area contributed by atoms with E-state index in [1.165, 1.54) is 16.0 Å². The molecule has 1 saturated heterocycles. The minimum atomic E-state index is -0.452. The molecule has 3 heterocycles. The summed E-state index contributed by atoms with van der Waals surface area (Å²) in [7, 11) is 0. The van der Waals surface area contributed by atoms with Crippen LogP contribution >= 0.6 is 0 Å². The smallest absolute Gasteiger partial charge is 0.415 e. The molecule has 2 aromatic rings. The maximum atomic E-state index is 12.6. The van der Waals surface area contributed by atoms with Crippen LogP contribution in [0.3, 0.4) is 0 Å². The summed E-state index contributed by atoms with van der Waals surface area (Å²) < 4.78 is 11.0. The second kappa shape index (κ2) is 8.61. The molecule has 9 nitrogen and oxygen atoms in total. The average molecular weight is 462 g/mol. The molecule has 5 rings (SSSR count). The van der Waals surface area contributed by atoms with Crippen LogP contribution in [0.1, 0.15) is 37.0 Å². The Hall–Kier alpha value is -3.64. The lowest BCUT2D eigenvalue weighted by Gasteiger charge is -2.30. The van der Waals surface area contributed by atoms with E-state index in [0.29, 0.717) is 36.3 Å². The van der Waals surface area contributed by atoms with Crippen LogP contribution in [0, 0.1) is 17.2 Å². The first-order valence-corrected chi connectivity index (χ1v) is 11.5. The number of anilines is 2. The molecule has 176 valence electrons. The topological polar surface area (TPSA) is 117 Å². The van der Waals surface area contributed by atoms with Crippen LogP contribution in [0.5, 0.6) is 5.75 Å². The largest absolute Gasteiger partial charge is 0.480 e. The van der Waals surface area contributed by atoms with Crippen molar-refractivity contribution in [2.24, 2.45) is 5.92 Å². The van der Waals surface area contributed by atoms with E-state index in [1.807, 2.05) is 12.1 Å². The minimum Gasteiger partial charge on any atom is -0.480 e. The van der Waals surface area contributed by atoms with E-state index < -0.39 is 6.09 Å². The number of rotatable bonds is 6. The third kappa shape index (κ3) is 4.41. The molecule has 1 aromatic heterocycles. The number of benzene rings is 1. The maximum Gasteiger partial charge on any atom is 0.415 e. The second-order valence-corrected chi connectivity index (χ2v) is 9.77. The lowest BCUT2D eigenvalue weighted by Crippen LogP contribution is -2.45. The summed E-state index contributed by atoms with van der Waals surface area (Å²) in [6.07, 6.45) is 1.77. The Labute approximate surface area is 198 Å². The van der Waals surface area contributed by atoms with Crippen molar-refractivity contribution in [3.05, 3.63) is 47.0 Å². The predicted octanol–water partition coefficient (Wildman–Crippen LogP) is 2.78. The van der Waals surface area contributed by atoms with Gasteiger partial charge in [-0.3, -0.25) is 9.69 Å². The normalized spacial score (nSPS) is 21.3. The summed E-state index contributed by atoms with van der Waals surface area (Å²) in [5, 5.41) is 15.7. The fourth-order valence-electron chi connectivity index (χ4n) is 4.97. The Balaban J connectivity index is 1.17. The van der Waals surface area contributed by atoms with E-state index >= 15 is 0 Å². The highest BCUT2D eigenvalue weighted by atomic mass is 16.6. The number of amides is 2. The summed E-state index contributed by atoms with van der Waals surface area (Å²) in [6, 6.07) is 11.6. The molecule has 1 aromatic carbocycles. The van der Waals surface area contributed by atoms with Gasteiger partial charge in [-0.05, 0) is 68.5 Å². The highest BCUT2D eigenvalue weighted by Gasteiger charge is 2.37. The van der Waals surface area contributed by atoms with Gasteiger partial charge in [-0.1, -0.05) is 12.1 Å². The molecule has 2 N–H and O–H groups in total. The molecule has 0 saturated carbocycles. The highest BCUT2D eigenvalue weighted by Crippen LogP contribution is 2.32. The average Bonchev–Trinajstić information content (AvgIpc) is 3.39. The molecule has 1 fully saturated rings. The number of pyridine rings is 1.